The lowest BCUT2D eigenvalue weighted by Gasteiger charge is -2.29. The summed E-state index contributed by atoms with van der Waals surface area (Å²) in [6.45, 7) is 4.14. The predicted molar refractivity (Wildman–Crippen MR) is 248 cm³/mol. The molecule has 0 saturated carbocycles. The van der Waals surface area contributed by atoms with E-state index in [2.05, 4.69) is 41.9 Å². The third-order valence-corrected chi connectivity index (χ3v) is 10.5. The Morgan fingerprint density at radius 2 is 0.985 bits per heavy atom. The van der Waals surface area contributed by atoms with Crippen molar-refractivity contribution in [1.82, 2.24) is 31.9 Å². The SMILES string of the molecule is CC[C@H](C)[C@H](NC(=O)[C@H](CCCN=C(N)N)NC(=O)[C@H](Cc1ccc(O)cc1)NC(=O)[C@H](Cc1ccc(O)cc1)NC(=O)[C@H](CCCN=C(N)N)NC=O)C(=O)N[C@@H](CCCCN)C(N)=O. The molecule has 2 aromatic rings. The molecule has 23 nitrogen and oxygen atoms in total. The van der Waals surface area contributed by atoms with Crippen LogP contribution in [0.4, 0.5) is 0 Å². The zero-order valence-corrected chi connectivity index (χ0v) is 37.5. The molecule has 0 aromatic heterocycles. The van der Waals surface area contributed by atoms with Crippen molar-refractivity contribution in [3.8, 4) is 11.5 Å². The Kier molecular flexibility index (Phi) is 24.4. The minimum atomic E-state index is -1.42. The van der Waals surface area contributed by atoms with Crippen LogP contribution in [0.3, 0.4) is 0 Å². The number of phenolic OH excluding ortho intramolecular Hbond substituents is 2. The smallest absolute Gasteiger partial charge is 0.243 e. The summed E-state index contributed by atoms with van der Waals surface area (Å²) in [5, 5.41) is 35.7. The first-order valence-electron chi connectivity index (χ1n) is 21.8. The number of rotatable bonds is 31. The summed E-state index contributed by atoms with van der Waals surface area (Å²) in [5.74, 6) is -5.53. The number of carbonyl (C=O) groups excluding carboxylic acids is 7. The van der Waals surface area contributed by atoms with E-state index in [1.165, 1.54) is 48.5 Å². The maximum atomic E-state index is 14.4. The fraction of sp³-hybridized carbons (Fsp3) is 0.512. The minimum Gasteiger partial charge on any atom is -0.508 e. The van der Waals surface area contributed by atoms with Gasteiger partial charge in [-0.05, 0) is 92.8 Å². The maximum Gasteiger partial charge on any atom is 0.243 e. The molecular formula is C43H68N14O9. The standard InChI is InChI=1S/C43H68N14O9/c1-3-25(2)35(41(66)53-30(36(45)61)8-4-5-19-44)57-38(63)32(10-7-21-51-43(48)49)54-39(64)33(22-26-11-15-28(59)16-12-26)56-40(65)34(23-27-13-17-29(60)18-14-27)55-37(62)31(52-24-58)9-6-20-50-42(46)47/h11-18,24-25,30-35,59-60H,3-10,19-23,44H2,1-2H3,(H2,45,61)(H,52,58)(H,53,66)(H,54,64)(H,55,62)(H,56,65)(H,57,63)(H4,46,47,50)(H4,48,49,51)/t25-,30-,31-,32-,33-,34-,35-/m0/s1. The number of nitrogens with two attached hydrogens (primary N) is 6. The summed E-state index contributed by atoms with van der Waals surface area (Å²) in [4.78, 5) is 102. The highest BCUT2D eigenvalue weighted by Crippen LogP contribution is 2.16. The van der Waals surface area contributed by atoms with Crippen LogP contribution in [0.1, 0.15) is 76.3 Å². The summed E-state index contributed by atoms with van der Waals surface area (Å²) >= 11 is 0. The van der Waals surface area contributed by atoms with Gasteiger partial charge in [-0.1, -0.05) is 44.5 Å². The van der Waals surface area contributed by atoms with Crippen molar-refractivity contribution in [3.63, 3.8) is 0 Å². The van der Waals surface area contributed by atoms with Crippen LogP contribution < -0.4 is 66.3 Å². The molecule has 0 heterocycles. The number of nitrogens with one attached hydrogen (secondary N) is 6. The molecule has 66 heavy (non-hydrogen) atoms. The molecule has 0 fully saturated rings. The maximum absolute atomic E-state index is 14.4. The van der Waals surface area contributed by atoms with Gasteiger partial charge in [0, 0.05) is 25.9 Å². The largest absolute Gasteiger partial charge is 0.508 e. The van der Waals surface area contributed by atoms with Gasteiger partial charge in [0.25, 0.3) is 0 Å². The molecule has 20 N–H and O–H groups in total. The summed E-state index contributed by atoms with van der Waals surface area (Å²) in [5.41, 5.74) is 34.0. The number of guanidine groups is 2. The Morgan fingerprint density at radius 3 is 1.41 bits per heavy atom. The zero-order valence-electron chi connectivity index (χ0n) is 37.5. The molecule has 7 atom stereocenters. The van der Waals surface area contributed by atoms with Gasteiger partial charge in [0.1, 0.15) is 47.8 Å². The molecule has 2 rings (SSSR count). The van der Waals surface area contributed by atoms with Crippen LogP contribution in [0.2, 0.25) is 0 Å². The zero-order chi connectivity index (χ0) is 49.2. The molecule has 0 aliphatic heterocycles. The Labute approximate surface area is 384 Å². The summed E-state index contributed by atoms with van der Waals surface area (Å²) in [6.07, 6.45) is 2.31. The van der Waals surface area contributed by atoms with Gasteiger partial charge in [-0.15, -0.1) is 0 Å². The van der Waals surface area contributed by atoms with Crippen molar-refractivity contribution >= 4 is 53.8 Å². The molecule has 0 spiro atoms. The van der Waals surface area contributed by atoms with Crippen molar-refractivity contribution < 1.29 is 43.8 Å². The van der Waals surface area contributed by atoms with Crippen LogP contribution in [-0.4, -0.2) is 120 Å². The van der Waals surface area contributed by atoms with Crippen molar-refractivity contribution in [1.29, 1.82) is 0 Å². The number of phenols is 2. The Bertz CT molecular complexity index is 1940. The number of hydrogen-bond donors (Lipinski definition) is 14. The second-order valence-electron chi connectivity index (χ2n) is 15.8. The van der Waals surface area contributed by atoms with E-state index in [0.717, 1.165) is 0 Å². The third kappa shape index (κ3) is 20.6. The molecule has 0 aliphatic rings. The number of nitrogens with zero attached hydrogens (tertiary/aromatic N) is 2. The minimum absolute atomic E-state index is 0.0418. The molecular weight excluding hydrogens is 857 g/mol. The van der Waals surface area contributed by atoms with Gasteiger partial charge in [0.2, 0.25) is 41.9 Å². The number of benzene rings is 2. The number of aliphatic imine (C=N–C) groups is 2. The van der Waals surface area contributed by atoms with Crippen LogP contribution in [0, 0.1) is 5.92 Å². The lowest BCUT2D eigenvalue weighted by Crippen LogP contribution is -2.60. The van der Waals surface area contributed by atoms with E-state index in [-0.39, 0.29) is 81.5 Å². The first-order valence-corrected chi connectivity index (χ1v) is 21.8. The molecule has 2 aromatic carbocycles. The summed E-state index contributed by atoms with van der Waals surface area (Å²) in [7, 11) is 0. The van der Waals surface area contributed by atoms with E-state index in [9.17, 15) is 43.8 Å². The number of primary amides is 1. The molecule has 364 valence electrons. The summed E-state index contributed by atoms with van der Waals surface area (Å²) in [6, 6.07) is 4.25. The van der Waals surface area contributed by atoms with E-state index in [0.29, 0.717) is 43.3 Å². The quantitative estimate of drug-likeness (QED) is 0.0157. The Hall–Kier alpha value is -7.17. The molecule has 23 heteroatoms. The average Bonchev–Trinajstić information content (AvgIpc) is 3.27. The van der Waals surface area contributed by atoms with Gasteiger partial charge < -0.3 is 76.5 Å². The van der Waals surface area contributed by atoms with E-state index in [1.807, 2.05) is 0 Å². The molecule has 0 saturated heterocycles. The lowest BCUT2D eigenvalue weighted by molar-refractivity contribution is -0.135. The fourth-order valence-corrected chi connectivity index (χ4v) is 6.61. The molecule has 0 radical (unpaired) electrons. The van der Waals surface area contributed by atoms with Crippen LogP contribution in [-0.2, 0) is 46.4 Å². The third-order valence-electron chi connectivity index (χ3n) is 10.5. The van der Waals surface area contributed by atoms with Gasteiger partial charge >= 0.3 is 0 Å². The number of aromatic hydroxyl groups is 2. The molecule has 0 bridgehead atoms. The molecule has 0 aliphatic carbocycles. The monoisotopic (exact) mass is 925 g/mol. The Balaban J connectivity index is 2.54. The second-order valence-corrected chi connectivity index (χ2v) is 15.8. The highest BCUT2D eigenvalue weighted by molar-refractivity contribution is 5.97. The fourth-order valence-electron chi connectivity index (χ4n) is 6.61. The lowest BCUT2D eigenvalue weighted by atomic mass is 9.96. The van der Waals surface area contributed by atoms with Crippen LogP contribution >= 0.6 is 0 Å². The van der Waals surface area contributed by atoms with E-state index in [4.69, 9.17) is 34.4 Å². The Morgan fingerprint density at radius 1 is 0.576 bits per heavy atom. The van der Waals surface area contributed by atoms with Crippen LogP contribution in [0.25, 0.3) is 0 Å². The molecule has 0 unspecified atom stereocenters. The van der Waals surface area contributed by atoms with Gasteiger partial charge in [-0.25, -0.2) is 0 Å². The summed E-state index contributed by atoms with van der Waals surface area (Å²) < 4.78 is 0. The normalized spacial score (nSPS) is 14.0. The van der Waals surface area contributed by atoms with Crippen molar-refractivity contribution in [2.24, 2.45) is 50.3 Å². The molecule has 7 amide bonds. The highest BCUT2D eigenvalue weighted by atomic mass is 16.3. The van der Waals surface area contributed by atoms with Gasteiger partial charge in [-0.2, -0.15) is 0 Å². The van der Waals surface area contributed by atoms with Crippen LogP contribution in [0.15, 0.2) is 58.5 Å². The van der Waals surface area contributed by atoms with Crippen LogP contribution in [0.5, 0.6) is 11.5 Å². The van der Waals surface area contributed by atoms with Gasteiger partial charge in [0.15, 0.2) is 11.9 Å². The second kappa shape index (κ2) is 29.3. The van der Waals surface area contributed by atoms with E-state index >= 15 is 0 Å². The van der Waals surface area contributed by atoms with Crippen molar-refractivity contribution in [2.45, 2.75) is 114 Å². The highest BCUT2D eigenvalue weighted by Gasteiger charge is 2.34. The number of carbonyl (C=O) groups is 7. The van der Waals surface area contributed by atoms with Crippen molar-refractivity contribution in [2.75, 3.05) is 19.6 Å². The van der Waals surface area contributed by atoms with Gasteiger partial charge in [-0.3, -0.25) is 43.5 Å². The number of unbranched alkanes of at least 4 members (excludes halogenated alkanes) is 1. The number of hydrogen-bond acceptors (Lipinski definition) is 12. The van der Waals surface area contributed by atoms with Gasteiger partial charge in [0.05, 0.1) is 0 Å². The number of amides is 7. The van der Waals surface area contributed by atoms with Crippen molar-refractivity contribution in [3.05, 3.63) is 59.7 Å². The average molecular weight is 925 g/mol. The topological polar surface area (TPSA) is 413 Å². The first kappa shape index (κ1) is 55.0. The van der Waals surface area contributed by atoms with E-state index in [1.54, 1.807) is 13.8 Å². The first-order chi connectivity index (χ1) is 31.4. The predicted octanol–water partition coefficient (Wildman–Crippen LogP) is -2.81. The van der Waals surface area contributed by atoms with E-state index < -0.39 is 77.6 Å².